The zero-order valence-corrected chi connectivity index (χ0v) is 16.3. The van der Waals surface area contributed by atoms with E-state index in [1.54, 1.807) is 36.0 Å². The fourth-order valence-electron chi connectivity index (χ4n) is 3.69. The summed E-state index contributed by atoms with van der Waals surface area (Å²) in [6, 6.07) is 6.70. The van der Waals surface area contributed by atoms with Crippen LogP contribution in [-0.4, -0.2) is 28.3 Å². The van der Waals surface area contributed by atoms with E-state index in [0.29, 0.717) is 16.4 Å². The minimum Gasteiger partial charge on any atom is -0.379 e. The lowest BCUT2D eigenvalue weighted by molar-refractivity contribution is -0.112. The van der Waals surface area contributed by atoms with Crippen LogP contribution in [0, 0.1) is 11.8 Å². The van der Waals surface area contributed by atoms with Crippen LogP contribution in [0.25, 0.3) is 0 Å². The Morgan fingerprint density at radius 1 is 1.33 bits per heavy atom. The van der Waals surface area contributed by atoms with Crippen LogP contribution in [0.1, 0.15) is 30.6 Å². The van der Waals surface area contributed by atoms with Crippen LogP contribution < -0.4 is 16.8 Å². The second kappa shape index (κ2) is 7.60. The van der Waals surface area contributed by atoms with E-state index in [1.807, 2.05) is 18.2 Å². The van der Waals surface area contributed by atoms with Gasteiger partial charge >= 0.3 is 0 Å². The van der Waals surface area contributed by atoms with E-state index in [1.165, 1.54) is 0 Å². The van der Waals surface area contributed by atoms with E-state index in [2.05, 4.69) is 24.2 Å². The van der Waals surface area contributed by atoms with Crippen LogP contribution in [0.4, 0.5) is 5.69 Å². The normalized spacial score (nSPS) is 27.5. The third-order valence-electron chi connectivity index (χ3n) is 5.14. The second-order valence-corrected chi connectivity index (χ2v) is 8.25. The molecule has 142 valence electrons. The molecule has 27 heavy (non-hydrogen) atoms. The van der Waals surface area contributed by atoms with Gasteiger partial charge in [0.1, 0.15) is 0 Å². The molecule has 0 spiro atoms. The number of primary amides is 1. The van der Waals surface area contributed by atoms with Gasteiger partial charge in [-0.05, 0) is 31.4 Å². The molecule has 6 nitrogen and oxygen atoms in total. The molecule has 1 aromatic rings. The van der Waals surface area contributed by atoms with Crippen molar-refractivity contribution in [2.24, 2.45) is 28.3 Å². The highest BCUT2D eigenvalue weighted by molar-refractivity contribution is 8.13. The van der Waals surface area contributed by atoms with Gasteiger partial charge in [0.15, 0.2) is 5.17 Å². The highest BCUT2D eigenvalue weighted by atomic mass is 32.2. The first kappa shape index (κ1) is 19.2. The van der Waals surface area contributed by atoms with Crippen molar-refractivity contribution in [3.05, 3.63) is 53.6 Å². The summed E-state index contributed by atoms with van der Waals surface area (Å²) in [6.45, 7) is 4.20. The van der Waals surface area contributed by atoms with Crippen LogP contribution in [0.2, 0.25) is 0 Å². The summed E-state index contributed by atoms with van der Waals surface area (Å²) in [5.41, 5.74) is 12.3. The number of carbonyl (C=O) groups excluding carboxylic acids is 2. The second-order valence-electron chi connectivity index (χ2n) is 7.14. The molecule has 7 heteroatoms. The van der Waals surface area contributed by atoms with Gasteiger partial charge in [0.05, 0.1) is 16.8 Å². The zero-order valence-electron chi connectivity index (χ0n) is 15.4. The Labute approximate surface area is 163 Å². The number of amidine groups is 1. The molecule has 3 rings (SSSR count). The lowest BCUT2D eigenvalue weighted by Gasteiger charge is -2.39. The molecule has 3 atom stereocenters. The number of nitrogens with two attached hydrogens (primary N) is 2. The maximum Gasteiger partial charge on any atom is 0.255 e. The van der Waals surface area contributed by atoms with Crippen molar-refractivity contribution in [3.63, 3.8) is 0 Å². The Hall–Kier alpha value is -2.54. The van der Waals surface area contributed by atoms with Crippen LogP contribution in [0.5, 0.6) is 0 Å². The summed E-state index contributed by atoms with van der Waals surface area (Å²) < 4.78 is 0. The molecule has 2 amide bonds. The van der Waals surface area contributed by atoms with Crippen molar-refractivity contribution in [1.82, 2.24) is 0 Å². The van der Waals surface area contributed by atoms with Crippen molar-refractivity contribution in [3.8, 4) is 0 Å². The van der Waals surface area contributed by atoms with Gasteiger partial charge in [0.2, 0.25) is 0 Å². The molecule has 5 N–H and O–H groups in total. The van der Waals surface area contributed by atoms with Crippen molar-refractivity contribution < 1.29 is 9.59 Å². The predicted octanol–water partition coefficient (Wildman–Crippen LogP) is 2.68. The van der Waals surface area contributed by atoms with Gasteiger partial charge < -0.3 is 16.8 Å². The number of nitrogens with zero attached hydrogens (tertiary/aromatic N) is 1. The SMILES string of the molecule is C[C@H]1C=C(C(=O)Nc2ccccc2C(N)=O)C=CC1C1(C)CCSC(N)=N1. The highest BCUT2D eigenvalue weighted by Gasteiger charge is 2.38. The maximum atomic E-state index is 12.7. The lowest BCUT2D eigenvalue weighted by Crippen LogP contribution is -2.41. The topological polar surface area (TPSA) is 111 Å². The maximum absolute atomic E-state index is 12.7. The van der Waals surface area contributed by atoms with Gasteiger partial charge in [-0.15, -0.1) is 0 Å². The molecule has 1 aliphatic carbocycles. The number of carbonyl (C=O) groups is 2. The molecule has 0 fully saturated rings. The standard InChI is InChI=1S/C20H24N4O2S/c1-12-11-13(7-8-15(12)20(2)9-10-27-19(22)24-20)18(26)23-16-6-4-3-5-14(16)17(21)25/h3-8,11-12,15H,9-10H2,1-2H3,(H2,21,25)(H2,22,24)(H,23,26)/t12-,15?,20?/m0/s1. The monoisotopic (exact) mass is 384 g/mol. The summed E-state index contributed by atoms with van der Waals surface area (Å²) in [5, 5.41) is 3.41. The fourth-order valence-corrected chi connectivity index (χ4v) is 4.69. The predicted molar refractivity (Wildman–Crippen MR) is 111 cm³/mol. The smallest absolute Gasteiger partial charge is 0.255 e. The van der Waals surface area contributed by atoms with E-state index in [-0.39, 0.29) is 28.8 Å². The molecular formula is C20H24N4O2S. The number of nitrogens with one attached hydrogen (secondary N) is 1. The van der Waals surface area contributed by atoms with Gasteiger partial charge in [-0.25, -0.2) is 0 Å². The van der Waals surface area contributed by atoms with Crippen molar-refractivity contribution in [2.75, 3.05) is 11.1 Å². The highest BCUT2D eigenvalue weighted by Crippen LogP contribution is 2.40. The molecule has 0 aromatic heterocycles. The largest absolute Gasteiger partial charge is 0.379 e. The number of allylic oxidation sites excluding steroid dienone is 1. The average molecular weight is 385 g/mol. The summed E-state index contributed by atoms with van der Waals surface area (Å²) in [6.07, 6.45) is 6.77. The number of benzene rings is 1. The third-order valence-corrected chi connectivity index (χ3v) is 5.93. The van der Waals surface area contributed by atoms with Crippen molar-refractivity contribution in [2.45, 2.75) is 25.8 Å². The Balaban J connectivity index is 1.77. The molecule has 0 saturated heterocycles. The van der Waals surface area contributed by atoms with Gasteiger partial charge in [-0.1, -0.05) is 49.0 Å². The lowest BCUT2D eigenvalue weighted by atomic mass is 9.73. The molecule has 0 saturated carbocycles. The summed E-state index contributed by atoms with van der Waals surface area (Å²) in [5.74, 6) is 0.408. The molecular weight excluding hydrogens is 360 g/mol. The minimum absolute atomic E-state index is 0.131. The number of anilines is 1. The van der Waals surface area contributed by atoms with E-state index in [0.717, 1.165) is 12.2 Å². The Bertz CT molecular complexity index is 861. The summed E-state index contributed by atoms with van der Waals surface area (Å²) in [4.78, 5) is 28.9. The molecule has 1 aromatic carbocycles. The number of hydrogen-bond donors (Lipinski definition) is 3. The van der Waals surface area contributed by atoms with E-state index >= 15 is 0 Å². The molecule has 0 radical (unpaired) electrons. The van der Waals surface area contributed by atoms with Gasteiger partial charge in [0.25, 0.3) is 11.8 Å². The first-order valence-electron chi connectivity index (χ1n) is 8.88. The summed E-state index contributed by atoms with van der Waals surface area (Å²) >= 11 is 1.58. The number of amides is 2. The first-order chi connectivity index (χ1) is 12.8. The number of aliphatic imine (C=N–C) groups is 1. The van der Waals surface area contributed by atoms with Gasteiger partial charge in [-0.3, -0.25) is 14.6 Å². The summed E-state index contributed by atoms with van der Waals surface area (Å²) in [7, 11) is 0. The van der Waals surface area contributed by atoms with Crippen LogP contribution >= 0.6 is 11.8 Å². The van der Waals surface area contributed by atoms with E-state index in [9.17, 15) is 9.59 Å². The molecule has 1 heterocycles. The van der Waals surface area contributed by atoms with Crippen LogP contribution in [-0.2, 0) is 4.79 Å². The van der Waals surface area contributed by atoms with E-state index in [4.69, 9.17) is 11.5 Å². The first-order valence-corrected chi connectivity index (χ1v) is 9.87. The Morgan fingerprint density at radius 2 is 2.07 bits per heavy atom. The Kier molecular flexibility index (Phi) is 5.41. The minimum atomic E-state index is -0.578. The third kappa shape index (κ3) is 4.08. The zero-order chi connectivity index (χ0) is 19.6. The van der Waals surface area contributed by atoms with Gasteiger partial charge in [-0.2, -0.15) is 0 Å². The molecule has 2 unspecified atom stereocenters. The van der Waals surface area contributed by atoms with Crippen molar-refractivity contribution >= 4 is 34.4 Å². The van der Waals surface area contributed by atoms with E-state index < -0.39 is 5.91 Å². The number of para-hydroxylation sites is 1. The van der Waals surface area contributed by atoms with Gasteiger partial charge in [0, 0.05) is 17.2 Å². The van der Waals surface area contributed by atoms with Crippen LogP contribution in [0.15, 0.2) is 53.1 Å². The number of rotatable bonds is 4. The van der Waals surface area contributed by atoms with Crippen LogP contribution in [0.3, 0.4) is 0 Å². The fraction of sp³-hybridized carbons (Fsp3) is 0.350. The molecule has 1 aliphatic heterocycles. The van der Waals surface area contributed by atoms with Crippen molar-refractivity contribution in [1.29, 1.82) is 0 Å². The number of hydrogen-bond acceptors (Lipinski definition) is 5. The molecule has 0 bridgehead atoms. The quantitative estimate of drug-likeness (QED) is 0.741. The number of thioether (sulfide) groups is 1. The Morgan fingerprint density at radius 3 is 2.74 bits per heavy atom. The molecule has 2 aliphatic rings. The average Bonchev–Trinajstić information content (AvgIpc) is 2.61.